The summed E-state index contributed by atoms with van der Waals surface area (Å²) in [6.45, 7) is 10.1. The molecule has 0 aliphatic carbocycles. The minimum Gasteiger partial charge on any atom is -0.490 e. The highest BCUT2D eigenvalue weighted by Crippen LogP contribution is 2.32. The number of ketones is 1. The molecule has 0 bridgehead atoms. The van der Waals surface area contributed by atoms with Crippen molar-refractivity contribution in [2.45, 2.75) is 66.6 Å². The number of hydrogen-bond acceptors (Lipinski definition) is 8. The monoisotopic (exact) mass is 521 g/mol. The van der Waals surface area contributed by atoms with Gasteiger partial charge < -0.3 is 18.9 Å². The van der Waals surface area contributed by atoms with Crippen LogP contribution in [0.3, 0.4) is 0 Å². The number of esters is 2. The molecular weight excluding hydrogens is 488 g/mol. The smallest absolute Gasteiger partial charge is 0.309 e. The van der Waals surface area contributed by atoms with Gasteiger partial charge in [-0.15, -0.1) is 0 Å². The SMILES string of the molecule is CCOc1ccnc(C(=O)C[C@@H](C)C(=O)O[C@@H](C)[C@@H](CC(C)C)Oc2cc(F)ccc2F)c1OC(C)=O. The number of ether oxygens (including phenoxy) is 4. The number of carbonyl (C=O) groups is 3. The van der Waals surface area contributed by atoms with Gasteiger partial charge in [-0.05, 0) is 38.3 Å². The second-order valence-corrected chi connectivity index (χ2v) is 9.04. The summed E-state index contributed by atoms with van der Waals surface area (Å²) in [5.74, 6) is -4.29. The second-order valence-electron chi connectivity index (χ2n) is 9.04. The van der Waals surface area contributed by atoms with Gasteiger partial charge in [-0.25, -0.2) is 13.8 Å². The van der Waals surface area contributed by atoms with Crippen LogP contribution in [0.4, 0.5) is 8.78 Å². The molecule has 1 heterocycles. The van der Waals surface area contributed by atoms with E-state index in [0.29, 0.717) is 6.42 Å². The Morgan fingerprint density at radius 1 is 1.03 bits per heavy atom. The zero-order valence-corrected chi connectivity index (χ0v) is 21.9. The van der Waals surface area contributed by atoms with Gasteiger partial charge in [0.1, 0.15) is 18.0 Å². The zero-order valence-electron chi connectivity index (χ0n) is 21.9. The van der Waals surface area contributed by atoms with Crippen molar-refractivity contribution in [1.29, 1.82) is 0 Å². The number of benzene rings is 1. The van der Waals surface area contributed by atoms with Crippen molar-refractivity contribution in [2.24, 2.45) is 11.8 Å². The average molecular weight is 522 g/mol. The minimum atomic E-state index is -0.886. The molecule has 10 heteroatoms. The van der Waals surface area contributed by atoms with Gasteiger partial charge in [0.2, 0.25) is 5.75 Å². The van der Waals surface area contributed by atoms with E-state index in [1.165, 1.54) is 26.1 Å². The van der Waals surface area contributed by atoms with Gasteiger partial charge in [-0.1, -0.05) is 20.8 Å². The molecular formula is C27H33F2NO7. The summed E-state index contributed by atoms with van der Waals surface area (Å²) in [7, 11) is 0. The fraction of sp³-hybridized carbons (Fsp3) is 0.481. The van der Waals surface area contributed by atoms with Gasteiger partial charge in [0.15, 0.2) is 28.8 Å². The molecule has 0 aliphatic rings. The first-order chi connectivity index (χ1) is 17.4. The van der Waals surface area contributed by atoms with Crippen LogP contribution in [0.15, 0.2) is 30.5 Å². The molecule has 0 aliphatic heterocycles. The molecule has 0 saturated heterocycles. The molecule has 1 aromatic carbocycles. The van der Waals surface area contributed by atoms with Crippen molar-refractivity contribution >= 4 is 17.7 Å². The summed E-state index contributed by atoms with van der Waals surface area (Å²) < 4.78 is 49.6. The van der Waals surface area contributed by atoms with E-state index in [0.717, 1.165) is 18.2 Å². The van der Waals surface area contributed by atoms with Gasteiger partial charge in [-0.3, -0.25) is 14.4 Å². The van der Waals surface area contributed by atoms with Crippen molar-refractivity contribution < 1.29 is 42.1 Å². The lowest BCUT2D eigenvalue weighted by molar-refractivity contribution is -0.157. The van der Waals surface area contributed by atoms with Crippen molar-refractivity contribution in [3.8, 4) is 17.2 Å². The lowest BCUT2D eigenvalue weighted by atomic mass is 10.0. The van der Waals surface area contributed by atoms with Crippen LogP contribution in [-0.2, 0) is 14.3 Å². The van der Waals surface area contributed by atoms with Gasteiger partial charge in [0, 0.05) is 31.7 Å². The van der Waals surface area contributed by atoms with Crippen LogP contribution in [0.25, 0.3) is 0 Å². The Kier molecular flexibility index (Phi) is 11.0. The third kappa shape index (κ3) is 8.80. The summed E-state index contributed by atoms with van der Waals surface area (Å²) in [5, 5.41) is 0. The quantitative estimate of drug-likeness (QED) is 0.258. The Morgan fingerprint density at radius 2 is 1.73 bits per heavy atom. The average Bonchev–Trinajstić information content (AvgIpc) is 2.81. The number of nitrogens with zero attached hydrogens (tertiary/aromatic N) is 1. The third-order valence-corrected chi connectivity index (χ3v) is 5.27. The number of aromatic nitrogens is 1. The van der Waals surface area contributed by atoms with Gasteiger partial charge in [0.25, 0.3) is 0 Å². The van der Waals surface area contributed by atoms with E-state index in [-0.39, 0.29) is 41.9 Å². The standard InChI is InChI=1S/C27H33F2NO7/c1-7-34-22-10-11-30-25(26(22)36-18(6)31)21(32)13-16(4)27(33)35-17(5)23(12-15(2)3)37-24-14-19(28)8-9-20(24)29/h8-11,14-17,23H,7,12-13H2,1-6H3/t16-,17+,23-/m1/s1. The predicted molar refractivity (Wildman–Crippen MR) is 131 cm³/mol. The van der Waals surface area contributed by atoms with E-state index in [1.54, 1.807) is 13.8 Å². The van der Waals surface area contributed by atoms with E-state index < -0.39 is 47.5 Å². The number of Topliss-reactive ketones (excluding diaryl/α,β-unsaturated/α-hetero) is 1. The van der Waals surface area contributed by atoms with Crippen LogP contribution >= 0.6 is 0 Å². The minimum absolute atomic E-state index is 0.102. The molecule has 202 valence electrons. The van der Waals surface area contributed by atoms with Crippen molar-refractivity contribution in [3.05, 3.63) is 47.8 Å². The highest BCUT2D eigenvalue weighted by Gasteiger charge is 2.30. The summed E-state index contributed by atoms with van der Waals surface area (Å²) in [6, 6.07) is 4.34. The first kappa shape index (κ1) is 29.7. The number of rotatable bonds is 13. The Labute approximate surface area is 215 Å². The maximum atomic E-state index is 14.1. The predicted octanol–water partition coefficient (Wildman–Crippen LogP) is 5.32. The third-order valence-electron chi connectivity index (χ3n) is 5.27. The van der Waals surface area contributed by atoms with Crippen molar-refractivity contribution in [2.75, 3.05) is 6.61 Å². The number of pyridine rings is 1. The summed E-state index contributed by atoms with van der Waals surface area (Å²) in [4.78, 5) is 41.4. The van der Waals surface area contributed by atoms with Crippen LogP contribution in [0.2, 0.25) is 0 Å². The van der Waals surface area contributed by atoms with Crippen molar-refractivity contribution in [1.82, 2.24) is 4.98 Å². The van der Waals surface area contributed by atoms with Gasteiger partial charge >= 0.3 is 11.9 Å². The summed E-state index contributed by atoms with van der Waals surface area (Å²) >= 11 is 0. The zero-order chi connectivity index (χ0) is 27.7. The Morgan fingerprint density at radius 3 is 2.35 bits per heavy atom. The van der Waals surface area contributed by atoms with E-state index >= 15 is 0 Å². The van der Waals surface area contributed by atoms with E-state index in [4.69, 9.17) is 18.9 Å². The molecule has 1 aromatic heterocycles. The normalized spacial score (nSPS) is 13.4. The van der Waals surface area contributed by atoms with Crippen LogP contribution < -0.4 is 14.2 Å². The molecule has 0 saturated carbocycles. The van der Waals surface area contributed by atoms with Crippen LogP contribution in [0.1, 0.15) is 64.9 Å². The van der Waals surface area contributed by atoms with Crippen molar-refractivity contribution in [3.63, 3.8) is 0 Å². The molecule has 0 unspecified atom stereocenters. The lowest BCUT2D eigenvalue weighted by Gasteiger charge is -2.27. The van der Waals surface area contributed by atoms with E-state index in [9.17, 15) is 23.2 Å². The van der Waals surface area contributed by atoms with Gasteiger partial charge in [0.05, 0.1) is 12.5 Å². The number of carbonyl (C=O) groups excluding carboxylic acids is 3. The molecule has 0 radical (unpaired) electrons. The molecule has 8 nitrogen and oxygen atoms in total. The topological polar surface area (TPSA) is 101 Å². The molecule has 0 amide bonds. The van der Waals surface area contributed by atoms with Crippen LogP contribution in [0, 0.1) is 23.5 Å². The summed E-state index contributed by atoms with van der Waals surface area (Å²) in [5.41, 5.74) is -0.142. The van der Waals surface area contributed by atoms with E-state index in [1.807, 2.05) is 13.8 Å². The maximum absolute atomic E-state index is 14.1. The highest BCUT2D eigenvalue weighted by molar-refractivity contribution is 5.99. The molecule has 3 atom stereocenters. The first-order valence-electron chi connectivity index (χ1n) is 12.1. The Balaban J connectivity index is 2.14. The first-order valence-corrected chi connectivity index (χ1v) is 12.1. The number of hydrogen-bond donors (Lipinski definition) is 0. The van der Waals surface area contributed by atoms with Crippen LogP contribution in [0.5, 0.6) is 17.2 Å². The Bertz CT molecular complexity index is 1110. The summed E-state index contributed by atoms with van der Waals surface area (Å²) in [6.07, 6.45) is -0.126. The fourth-order valence-electron chi connectivity index (χ4n) is 3.50. The molecule has 0 fully saturated rings. The van der Waals surface area contributed by atoms with Crippen LogP contribution in [-0.4, -0.2) is 41.5 Å². The maximum Gasteiger partial charge on any atom is 0.309 e. The molecule has 0 spiro atoms. The molecule has 0 N–H and O–H groups in total. The molecule has 37 heavy (non-hydrogen) atoms. The largest absolute Gasteiger partial charge is 0.490 e. The highest BCUT2D eigenvalue weighted by atomic mass is 19.1. The molecule has 2 aromatic rings. The molecule has 2 rings (SSSR count). The lowest BCUT2D eigenvalue weighted by Crippen LogP contribution is -2.36. The Hall–Kier alpha value is -3.56. The number of halogens is 2. The van der Waals surface area contributed by atoms with E-state index in [2.05, 4.69) is 4.98 Å². The second kappa shape index (κ2) is 13.7. The fourth-order valence-corrected chi connectivity index (χ4v) is 3.50. The van der Waals surface area contributed by atoms with Gasteiger partial charge in [-0.2, -0.15) is 0 Å².